The minimum Gasteiger partial charge on any atom is -0.324 e. The van der Waals surface area contributed by atoms with Crippen LogP contribution in [0.3, 0.4) is 0 Å². The minimum absolute atomic E-state index is 0.0273. The van der Waals surface area contributed by atoms with Crippen molar-refractivity contribution in [2.24, 2.45) is 0 Å². The lowest BCUT2D eigenvalue weighted by Gasteiger charge is -2.35. The first kappa shape index (κ1) is 23.1. The quantitative estimate of drug-likeness (QED) is 0.396. The molecule has 0 aliphatic carbocycles. The Morgan fingerprint density at radius 1 is 1.14 bits per heavy atom. The van der Waals surface area contributed by atoms with Crippen molar-refractivity contribution in [1.82, 2.24) is 20.3 Å². The summed E-state index contributed by atoms with van der Waals surface area (Å²) in [7, 11) is 0. The predicted octanol–water partition coefficient (Wildman–Crippen LogP) is 5.27. The number of nitrogens with zero attached hydrogens (tertiary/aromatic N) is 4. The van der Waals surface area contributed by atoms with Gasteiger partial charge in [0.15, 0.2) is 0 Å². The molecule has 1 aliphatic rings. The number of anilines is 3. The average molecular weight is 491 g/mol. The van der Waals surface area contributed by atoms with Gasteiger partial charge in [0.05, 0.1) is 11.6 Å². The van der Waals surface area contributed by atoms with Crippen LogP contribution in [0.2, 0.25) is 5.02 Å². The summed E-state index contributed by atoms with van der Waals surface area (Å²) in [6.07, 6.45) is 6.54. The maximum atomic E-state index is 15.3. The fraction of sp³-hybridized carbons (Fsp3) is 0.231. The Labute approximate surface area is 207 Å². The number of fused-ring (bicyclic) bond motifs is 1. The summed E-state index contributed by atoms with van der Waals surface area (Å²) in [5, 5.41) is 8.62. The van der Waals surface area contributed by atoms with Gasteiger partial charge in [0.2, 0.25) is 5.95 Å². The molecular weight excluding hydrogens is 467 g/mol. The number of amides is 1. The molecule has 0 radical (unpaired) electrons. The van der Waals surface area contributed by atoms with E-state index < -0.39 is 11.7 Å². The highest BCUT2D eigenvalue weighted by molar-refractivity contribution is 6.31. The number of aromatic nitrogens is 3. The van der Waals surface area contributed by atoms with Gasteiger partial charge in [-0.25, -0.2) is 19.3 Å². The number of piperidine rings is 1. The monoisotopic (exact) mass is 490 g/mol. The number of pyridine rings is 1. The van der Waals surface area contributed by atoms with E-state index in [2.05, 4.69) is 25.6 Å². The Balaban J connectivity index is 1.56. The van der Waals surface area contributed by atoms with Crippen LogP contribution in [0.1, 0.15) is 28.8 Å². The number of hydrogen-bond acceptors (Lipinski definition) is 6. The Bertz CT molecular complexity index is 1380. The van der Waals surface area contributed by atoms with Gasteiger partial charge in [-0.05, 0) is 79.7 Å². The summed E-state index contributed by atoms with van der Waals surface area (Å²) < 4.78 is 15.3. The molecule has 1 fully saturated rings. The molecule has 1 saturated heterocycles. The van der Waals surface area contributed by atoms with E-state index in [-0.39, 0.29) is 11.6 Å². The van der Waals surface area contributed by atoms with Gasteiger partial charge in [-0.15, -0.1) is 0 Å². The maximum absolute atomic E-state index is 15.3. The van der Waals surface area contributed by atoms with Crippen molar-refractivity contribution in [2.45, 2.75) is 25.8 Å². The van der Waals surface area contributed by atoms with Gasteiger partial charge in [0, 0.05) is 41.2 Å². The maximum Gasteiger partial charge on any atom is 0.262 e. The number of hydrogen-bond donors (Lipinski definition) is 2. The zero-order chi connectivity index (χ0) is 24.4. The van der Waals surface area contributed by atoms with Gasteiger partial charge >= 0.3 is 0 Å². The van der Waals surface area contributed by atoms with Gasteiger partial charge in [-0.1, -0.05) is 11.6 Å². The van der Waals surface area contributed by atoms with Crippen molar-refractivity contribution in [1.29, 1.82) is 0 Å². The van der Waals surface area contributed by atoms with E-state index in [0.29, 0.717) is 29.0 Å². The number of carbonyl (C=O) groups excluding carboxylic acids is 1. The lowest BCUT2D eigenvalue weighted by molar-refractivity contribution is 0.0968. The standard InChI is InChI=1S/C26H24ClFN6O/c1-16-12-18(27)13-17-7-11-30-24(23(16)17)34(20-4-2-8-29-15-20)25(35)21-6-5-19(14-22(21)28)33-26-31-9-3-10-32-26/h3,5-7,9-14,20,29H,2,4,8,15H2,1H3,(H,31,32,33)/t20-/m1/s1. The number of carbonyl (C=O) groups is 1. The molecule has 5 rings (SSSR count). The zero-order valence-corrected chi connectivity index (χ0v) is 19.9. The number of benzene rings is 2. The molecule has 7 nitrogen and oxygen atoms in total. The summed E-state index contributed by atoms with van der Waals surface area (Å²) in [4.78, 5) is 28.3. The third-order valence-electron chi connectivity index (χ3n) is 6.11. The van der Waals surface area contributed by atoms with Crippen LogP contribution in [0.4, 0.5) is 21.8 Å². The van der Waals surface area contributed by atoms with Crippen LogP contribution in [-0.2, 0) is 0 Å². The molecule has 2 N–H and O–H groups in total. The molecule has 0 spiro atoms. The van der Waals surface area contributed by atoms with E-state index >= 15 is 4.39 Å². The Morgan fingerprint density at radius 3 is 2.71 bits per heavy atom. The lowest BCUT2D eigenvalue weighted by atomic mass is 10.0. The molecule has 2 aromatic carbocycles. The van der Waals surface area contributed by atoms with Gasteiger partial charge in [-0.3, -0.25) is 9.69 Å². The third kappa shape index (κ3) is 4.80. The predicted molar refractivity (Wildman–Crippen MR) is 136 cm³/mol. The Kier molecular flexibility index (Phi) is 6.57. The van der Waals surface area contributed by atoms with Gasteiger partial charge < -0.3 is 10.6 Å². The van der Waals surface area contributed by atoms with Crippen molar-refractivity contribution in [3.8, 4) is 0 Å². The molecule has 1 atom stereocenters. The average Bonchev–Trinajstić information content (AvgIpc) is 2.85. The first-order valence-corrected chi connectivity index (χ1v) is 11.8. The third-order valence-corrected chi connectivity index (χ3v) is 6.33. The van der Waals surface area contributed by atoms with E-state index in [1.807, 2.05) is 25.1 Å². The summed E-state index contributed by atoms with van der Waals surface area (Å²) in [6, 6.07) is 11.5. The molecule has 9 heteroatoms. The van der Waals surface area contributed by atoms with Crippen LogP contribution in [0.15, 0.2) is 61.1 Å². The lowest BCUT2D eigenvalue weighted by Crippen LogP contribution is -2.49. The molecule has 35 heavy (non-hydrogen) atoms. The van der Waals surface area contributed by atoms with Crippen LogP contribution in [0.5, 0.6) is 0 Å². The first-order valence-electron chi connectivity index (χ1n) is 11.4. The smallest absolute Gasteiger partial charge is 0.262 e. The van der Waals surface area contributed by atoms with Crippen molar-refractivity contribution < 1.29 is 9.18 Å². The SMILES string of the molecule is Cc1cc(Cl)cc2ccnc(N(C(=O)c3ccc(Nc4ncccn4)cc3F)[C@@H]3CCCNC3)c12. The van der Waals surface area contributed by atoms with Gasteiger partial charge in [-0.2, -0.15) is 0 Å². The van der Waals surface area contributed by atoms with Gasteiger partial charge in [0.1, 0.15) is 11.6 Å². The molecule has 1 amide bonds. The largest absolute Gasteiger partial charge is 0.324 e. The normalized spacial score (nSPS) is 15.7. The van der Waals surface area contributed by atoms with Gasteiger partial charge in [0.25, 0.3) is 5.91 Å². The summed E-state index contributed by atoms with van der Waals surface area (Å²) in [5.41, 5.74) is 1.32. The van der Waals surface area contributed by atoms with Crippen molar-refractivity contribution in [3.63, 3.8) is 0 Å². The summed E-state index contributed by atoms with van der Waals surface area (Å²) in [5.74, 6) is -0.220. The van der Waals surface area contributed by atoms with E-state index in [9.17, 15) is 4.79 Å². The Morgan fingerprint density at radius 2 is 1.97 bits per heavy atom. The summed E-state index contributed by atoms with van der Waals surface area (Å²) in [6.45, 7) is 3.42. The first-order chi connectivity index (χ1) is 17.0. The van der Waals surface area contributed by atoms with Crippen molar-refractivity contribution in [3.05, 3.63) is 83.0 Å². The number of rotatable bonds is 5. The summed E-state index contributed by atoms with van der Waals surface area (Å²) >= 11 is 6.28. The highest BCUT2D eigenvalue weighted by atomic mass is 35.5. The van der Waals surface area contributed by atoms with Crippen LogP contribution in [0.25, 0.3) is 10.8 Å². The van der Waals surface area contributed by atoms with Crippen LogP contribution >= 0.6 is 11.6 Å². The second-order valence-electron chi connectivity index (χ2n) is 8.52. The van der Waals surface area contributed by atoms with Crippen LogP contribution in [-0.4, -0.2) is 40.0 Å². The topological polar surface area (TPSA) is 83.0 Å². The molecule has 4 aromatic rings. The second-order valence-corrected chi connectivity index (χ2v) is 8.96. The number of nitrogens with one attached hydrogen (secondary N) is 2. The molecular formula is C26H24ClFN6O. The number of aryl methyl sites for hydroxylation is 1. The molecule has 0 unspecified atom stereocenters. The molecule has 0 bridgehead atoms. The van der Waals surface area contributed by atoms with Crippen LogP contribution < -0.4 is 15.5 Å². The van der Waals surface area contributed by atoms with E-state index in [1.165, 1.54) is 12.1 Å². The molecule has 0 saturated carbocycles. The highest BCUT2D eigenvalue weighted by Crippen LogP contribution is 2.34. The van der Waals surface area contributed by atoms with Crippen LogP contribution in [0, 0.1) is 12.7 Å². The fourth-order valence-corrected chi connectivity index (χ4v) is 4.80. The van der Waals surface area contributed by atoms with E-state index in [0.717, 1.165) is 35.7 Å². The van der Waals surface area contributed by atoms with E-state index in [4.69, 9.17) is 11.6 Å². The number of halogens is 2. The molecule has 2 aromatic heterocycles. The van der Waals surface area contributed by atoms with E-state index in [1.54, 1.807) is 35.6 Å². The fourth-order valence-electron chi connectivity index (χ4n) is 4.52. The zero-order valence-electron chi connectivity index (χ0n) is 19.1. The second kappa shape index (κ2) is 9.93. The highest BCUT2D eigenvalue weighted by Gasteiger charge is 2.31. The molecule has 3 heterocycles. The van der Waals surface area contributed by atoms with Crippen molar-refractivity contribution >= 4 is 45.7 Å². The Hall–Kier alpha value is -3.62. The molecule has 1 aliphatic heterocycles. The molecule has 178 valence electrons. The minimum atomic E-state index is -0.635. The van der Waals surface area contributed by atoms with Crippen molar-refractivity contribution in [2.75, 3.05) is 23.3 Å².